The first-order chi connectivity index (χ1) is 20.9. The summed E-state index contributed by atoms with van der Waals surface area (Å²) in [4.78, 5) is 17.4. The van der Waals surface area contributed by atoms with Crippen molar-refractivity contribution in [3.05, 3.63) is 148 Å². The van der Waals surface area contributed by atoms with E-state index >= 15 is 0 Å². The molecule has 0 bridgehead atoms. The molecular weight excluding hydrogens is 594 g/mol. The van der Waals surface area contributed by atoms with Crippen LogP contribution in [0.3, 0.4) is 0 Å². The second-order valence-corrected chi connectivity index (χ2v) is 12.0. The third-order valence-corrected chi connectivity index (χ3v) is 8.75. The number of benzene rings is 2. The summed E-state index contributed by atoms with van der Waals surface area (Å²) >= 11 is 3.77. The van der Waals surface area contributed by atoms with Gasteiger partial charge in [0.15, 0.2) is 5.78 Å². The number of hydrogen-bond donors (Lipinski definition) is 0. The molecule has 1 heterocycles. The molecule has 0 amide bonds. The van der Waals surface area contributed by atoms with Crippen LogP contribution in [0.2, 0.25) is 0 Å². The minimum Gasteiger partial charge on any atom is -0.457 e. The minimum atomic E-state index is 0.176. The zero-order valence-electron chi connectivity index (χ0n) is 25.4. The molecule has 0 aliphatic heterocycles. The maximum Gasteiger partial charge on any atom is 0.162 e. The molecular formula is C39H42BrNO2. The van der Waals surface area contributed by atoms with Gasteiger partial charge in [-0.1, -0.05) is 90.0 Å². The van der Waals surface area contributed by atoms with E-state index < -0.39 is 0 Å². The van der Waals surface area contributed by atoms with Crippen molar-refractivity contribution in [3.8, 4) is 11.5 Å². The first-order valence-corrected chi connectivity index (χ1v) is 16.1. The molecule has 222 valence electrons. The number of para-hydroxylation sites is 1. The molecule has 43 heavy (non-hydrogen) atoms. The molecule has 0 N–H and O–H groups in total. The van der Waals surface area contributed by atoms with Crippen LogP contribution in [0.4, 0.5) is 0 Å². The van der Waals surface area contributed by atoms with Crippen molar-refractivity contribution in [2.45, 2.75) is 65.2 Å². The number of halogens is 1. The minimum absolute atomic E-state index is 0.176. The SMILES string of the molecule is C=C(Cc1cccnc1)/C1=C/C(C(CCC)CCCC(=O)c2ccc(Oc3ccccc3)cc2)=C/C/C(C)=C(Br)/C=C\C1. The molecule has 4 rings (SSSR count). The average Bonchev–Trinajstić information content (AvgIpc) is 3.02. The monoisotopic (exact) mass is 635 g/mol. The van der Waals surface area contributed by atoms with Crippen LogP contribution in [0.15, 0.2) is 137 Å². The molecule has 1 aliphatic rings. The van der Waals surface area contributed by atoms with E-state index in [0.717, 1.165) is 72.1 Å². The number of hydrogen-bond acceptors (Lipinski definition) is 3. The number of nitrogens with zero attached hydrogens (tertiary/aromatic N) is 1. The second kappa shape index (κ2) is 16.8. The predicted octanol–water partition coefficient (Wildman–Crippen LogP) is 11.3. The molecule has 0 spiro atoms. The molecule has 1 unspecified atom stereocenters. The molecule has 0 saturated carbocycles. The standard InChI is InChI=1S/C39H42BrNO2/c1-4-11-32(13-9-18-39(42)33-21-23-37(24-22-33)43-36-15-6-5-7-16-36)35-20-19-29(2)38(40)17-8-14-34(27-35)30(3)26-31-12-10-25-41-28-31/h5-8,10,12,15-17,20-25,27-28,32H,3-4,9,11,13-14,18-19,26H2,1-2H3/b17-8-,34-27+,35-20-,38-29-. The van der Waals surface area contributed by atoms with E-state index in [9.17, 15) is 4.79 Å². The van der Waals surface area contributed by atoms with E-state index in [-0.39, 0.29) is 5.78 Å². The van der Waals surface area contributed by atoms with Crippen LogP contribution in [0.1, 0.15) is 74.7 Å². The van der Waals surface area contributed by atoms with Crippen molar-refractivity contribution in [1.29, 1.82) is 0 Å². The van der Waals surface area contributed by atoms with Crippen molar-refractivity contribution in [1.82, 2.24) is 4.98 Å². The van der Waals surface area contributed by atoms with Crippen LogP contribution >= 0.6 is 15.9 Å². The highest BCUT2D eigenvalue weighted by atomic mass is 79.9. The lowest BCUT2D eigenvalue weighted by molar-refractivity contribution is 0.0978. The van der Waals surface area contributed by atoms with E-state index in [2.05, 4.69) is 71.7 Å². The molecule has 3 aromatic rings. The van der Waals surface area contributed by atoms with Crippen LogP contribution < -0.4 is 4.74 Å². The molecule has 1 aromatic heterocycles. The van der Waals surface area contributed by atoms with Gasteiger partial charge in [-0.15, -0.1) is 0 Å². The topological polar surface area (TPSA) is 39.2 Å². The molecule has 1 atom stereocenters. The molecule has 1 aliphatic carbocycles. The zero-order chi connectivity index (χ0) is 30.4. The summed E-state index contributed by atoms with van der Waals surface area (Å²) in [6.45, 7) is 8.91. The van der Waals surface area contributed by atoms with E-state index in [1.54, 1.807) is 6.20 Å². The normalized spacial score (nSPS) is 19.3. The van der Waals surface area contributed by atoms with Gasteiger partial charge in [0.1, 0.15) is 11.5 Å². The van der Waals surface area contributed by atoms with E-state index in [0.29, 0.717) is 12.3 Å². The summed E-state index contributed by atoms with van der Waals surface area (Å²) in [5.74, 6) is 2.07. The third kappa shape index (κ3) is 10.2. The number of rotatable bonds is 13. The molecule has 0 fully saturated rings. The summed E-state index contributed by atoms with van der Waals surface area (Å²) in [6.07, 6.45) is 19.9. The van der Waals surface area contributed by atoms with Gasteiger partial charge in [-0.2, -0.15) is 0 Å². The van der Waals surface area contributed by atoms with E-state index in [1.165, 1.54) is 22.3 Å². The Morgan fingerprint density at radius 3 is 2.49 bits per heavy atom. The Morgan fingerprint density at radius 1 is 1.00 bits per heavy atom. The first-order valence-electron chi connectivity index (χ1n) is 15.3. The lowest BCUT2D eigenvalue weighted by Gasteiger charge is -2.21. The number of carbonyl (C=O) groups excluding carboxylic acids is 1. The van der Waals surface area contributed by atoms with Gasteiger partial charge in [0.25, 0.3) is 0 Å². The van der Waals surface area contributed by atoms with Crippen molar-refractivity contribution in [3.63, 3.8) is 0 Å². The lowest BCUT2D eigenvalue weighted by atomic mass is 9.84. The summed E-state index contributed by atoms with van der Waals surface area (Å²) < 4.78 is 7.02. The summed E-state index contributed by atoms with van der Waals surface area (Å²) in [5, 5.41) is 0. The second-order valence-electron chi connectivity index (χ2n) is 11.2. The van der Waals surface area contributed by atoms with Gasteiger partial charge < -0.3 is 4.74 Å². The van der Waals surface area contributed by atoms with Crippen molar-refractivity contribution in [2.24, 2.45) is 5.92 Å². The Hall–Kier alpha value is -3.76. The summed E-state index contributed by atoms with van der Waals surface area (Å²) in [5.41, 5.74) is 6.93. The highest BCUT2D eigenvalue weighted by Crippen LogP contribution is 2.32. The van der Waals surface area contributed by atoms with Gasteiger partial charge in [-0.3, -0.25) is 9.78 Å². The maximum atomic E-state index is 13.1. The molecule has 4 heteroatoms. The summed E-state index contributed by atoms with van der Waals surface area (Å²) in [7, 11) is 0. The number of aromatic nitrogens is 1. The molecule has 0 saturated heterocycles. The fourth-order valence-corrected chi connectivity index (χ4v) is 5.67. The Balaban J connectivity index is 1.45. The van der Waals surface area contributed by atoms with Crippen molar-refractivity contribution < 1.29 is 9.53 Å². The van der Waals surface area contributed by atoms with E-state index in [4.69, 9.17) is 4.74 Å². The predicted molar refractivity (Wildman–Crippen MR) is 183 cm³/mol. The number of Topliss-reactive ketones (excluding diaryl/α,β-unsaturated/α-hetero) is 1. The number of ether oxygens (including phenoxy) is 1. The summed E-state index contributed by atoms with van der Waals surface area (Å²) in [6, 6.07) is 21.3. The van der Waals surface area contributed by atoms with Crippen LogP contribution in [-0.2, 0) is 6.42 Å². The Labute approximate surface area is 265 Å². The fraction of sp³-hybridized carbons (Fsp3) is 0.282. The Morgan fingerprint density at radius 2 is 1.77 bits per heavy atom. The van der Waals surface area contributed by atoms with Crippen LogP contribution in [0.5, 0.6) is 11.5 Å². The lowest BCUT2D eigenvalue weighted by Crippen LogP contribution is -2.07. The number of carbonyl (C=O) groups is 1. The van der Waals surface area contributed by atoms with Gasteiger partial charge >= 0.3 is 0 Å². The fourth-order valence-electron chi connectivity index (χ4n) is 5.33. The first kappa shape index (κ1) is 32.2. The number of pyridine rings is 1. The van der Waals surface area contributed by atoms with Crippen LogP contribution in [0.25, 0.3) is 0 Å². The van der Waals surface area contributed by atoms with E-state index in [1.807, 2.05) is 66.9 Å². The van der Waals surface area contributed by atoms with Gasteiger partial charge in [0.05, 0.1) is 0 Å². The largest absolute Gasteiger partial charge is 0.457 e. The Bertz CT molecular complexity index is 1480. The maximum absolute atomic E-state index is 13.1. The number of ketones is 1. The van der Waals surface area contributed by atoms with Crippen LogP contribution in [0, 0.1) is 5.92 Å². The van der Waals surface area contributed by atoms with Crippen molar-refractivity contribution >= 4 is 21.7 Å². The number of allylic oxidation sites excluding steroid dienone is 9. The van der Waals surface area contributed by atoms with Gasteiger partial charge in [0, 0.05) is 28.9 Å². The highest BCUT2D eigenvalue weighted by Gasteiger charge is 2.16. The molecule has 3 nitrogen and oxygen atoms in total. The van der Waals surface area contributed by atoms with Gasteiger partial charge in [-0.05, 0) is 116 Å². The smallest absolute Gasteiger partial charge is 0.162 e. The van der Waals surface area contributed by atoms with Gasteiger partial charge in [0.2, 0.25) is 0 Å². The third-order valence-electron chi connectivity index (χ3n) is 7.81. The zero-order valence-corrected chi connectivity index (χ0v) is 27.0. The molecule has 0 radical (unpaired) electrons. The van der Waals surface area contributed by atoms with Crippen molar-refractivity contribution in [2.75, 3.05) is 0 Å². The quantitative estimate of drug-likeness (QED) is 0.175. The highest BCUT2D eigenvalue weighted by molar-refractivity contribution is 9.11. The molecule has 2 aromatic carbocycles. The average molecular weight is 637 g/mol. The Kier molecular flexibility index (Phi) is 12.5. The van der Waals surface area contributed by atoms with Gasteiger partial charge in [-0.25, -0.2) is 0 Å². The van der Waals surface area contributed by atoms with Crippen LogP contribution in [-0.4, -0.2) is 10.8 Å².